The van der Waals surface area contributed by atoms with Gasteiger partial charge in [0.05, 0.1) is 0 Å². The first-order valence-electron chi connectivity index (χ1n) is 8.97. The van der Waals surface area contributed by atoms with E-state index in [1.165, 1.54) is 12.1 Å². The van der Waals surface area contributed by atoms with Crippen molar-refractivity contribution in [1.82, 2.24) is 9.80 Å². The molecule has 0 aromatic heterocycles. The molecule has 1 fully saturated rings. The second-order valence-corrected chi connectivity index (χ2v) is 6.99. The number of carbonyl (C=O) groups excluding carboxylic acids is 1. The maximum Gasteiger partial charge on any atom is 0.222 e. The average Bonchev–Trinajstić information content (AvgIpc) is 2.77. The van der Waals surface area contributed by atoms with Gasteiger partial charge in [0.15, 0.2) is 0 Å². The summed E-state index contributed by atoms with van der Waals surface area (Å²) in [6.07, 6.45) is 2.26. The van der Waals surface area contributed by atoms with E-state index in [-0.39, 0.29) is 36.5 Å². The number of nitrogens with zero attached hydrogens (tertiary/aromatic N) is 2. The van der Waals surface area contributed by atoms with Crippen molar-refractivity contribution in [2.45, 2.75) is 45.7 Å². The standard InChI is InChI=1S/C19H30FN3O.2ClH/c1-15(2)18-14-23(19(24)5-3-10-21)12-4-11-22(18)13-16-6-8-17(20)9-7-16;;/h6-9,15,18H,3-5,10-14,21H2,1-2H3;2*1H. The fourth-order valence-corrected chi connectivity index (χ4v) is 3.35. The number of amides is 1. The van der Waals surface area contributed by atoms with Gasteiger partial charge in [0.25, 0.3) is 0 Å². The van der Waals surface area contributed by atoms with Crippen LogP contribution >= 0.6 is 24.8 Å². The second-order valence-electron chi connectivity index (χ2n) is 6.99. The number of hydrogen-bond donors (Lipinski definition) is 1. The number of nitrogens with two attached hydrogens (primary N) is 1. The van der Waals surface area contributed by atoms with E-state index in [2.05, 4.69) is 18.7 Å². The van der Waals surface area contributed by atoms with E-state index in [1.807, 2.05) is 17.0 Å². The molecule has 7 heteroatoms. The second kappa shape index (κ2) is 12.5. The van der Waals surface area contributed by atoms with Crippen molar-refractivity contribution >= 4 is 30.7 Å². The van der Waals surface area contributed by atoms with Crippen LogP contribution in [0.1, 0.15) is 38.7 Å². The zero-order valence-corrected chi connectivity index (χ0v) is 17.3. The lowest BCUT2D eigenvalue weighted by atomic mass is 10.0. The lowest BCUT2D eigenvalue weighted by molar-refractivity contribution is -0.131. The zero-order valence-electron chi connectivity index (χ0n) is 15.7. The number of halogens is 3. The Labute approximate surface area is 169 Å². The SMILES string of the molecule is CC(C)C1CN(C(=O)CCCN)CCCN1Cc1ccc(F)cc1.Cl.Cl. The number of hydrogen-bond acceptors (Lipinski definition) is 3. The summed E-state index contributed by atoms with van der Waals surface area (Å²) in [5, 5.41) is 0. The molecule has 0 aliphatic carbocycles. The van der Waals surface area contributed by atoms with Crippen LogP contribution in [0.25, 0.3) is 0 Å². The summed E-state index contributed by atoms with van der Waals surface area (Å²) in [6, 6.07) is 7.04. The van der Waals surface area contributed by atoms with Crippen LogP contribution in [0.5, 0.6) is 0 Å². The molecule has 0 bridgehead atoms. The quantitative estimate of drug-likeness (QED) is 0.784. The first-order valence-corrected chi connectivity index (χ1v) is 8.97. The van der Waals surface area contributed by atoms with Crippen molar-refractivity contribution < 1.29 is 9.18 Å². The Bertz CT molecular complexity index is 528. The predicted molar refractivity (Wildman–Crippen MR) is 109 cm³/mol. The minimum Gasteiger partial charge on any atom is -0.341 e. The van der Waals surface area contributed by atoms with Crippen LogP contribution in [0.4, 0.5) is 4.39 Å². The molecule has 1 aromatic rings. The predicted octanol–water partition coefficient (Wildman–Crippen LogP) is 3.47. The molecule has 1 aliphatic rings. The summed E-state index contributed by atoms with van der Waals surface area (Å²) in [6.45, 7) is 8.31. The Kier molecular flexibility index (Phi) is 12.1. The summed E-state index contributed by atoms with van der Waals surface area (Å²) < 4.78 is 13.1. The van der Waals surface area contributed by atoms with E-state index in [0.29, 0.717) is 24.9 Å². The average molecular weight is 408 g/mol. The first kappa shape index (κ1) is 25.1. The molecule has 1 saturated heterocycles. The van der Waals surface area contributed by atoms with Gasteiger partial charge >= 0.3 is 0 Å². The van der Waals surface area contributed by atoms with Crippen LogP contribution < -0.4 is 5.73 Å². The van der Waals surface area contributed by atoms with E-state index in [1.54, 1.807) is 0 Å². The van der Waals surface area contributed by atoms with E-state index in [4.69, 9.17) is 5.73 Å². The molecule has 150 valence electrons. The molecule has 0 spiro atoms. The molecule has 2 rings (SSSR count). The van der Waals surface area contributed by atoms with Gasteiger partial charge < -0.3 is 10.6 Å². The summed E-state index contributed by atoms with van der Waals surface area (Å²) in [5.41, 5.74) is 6.64. The number of benzene rings is 1. The summed E-state index contributed by atoms with van der Waals surface area (Å²) in [5.74, 6) is 0.467. The highest BCUT2D eigenvalue weighted by atomic mass is 35.5. The molecule has 0 radical (unpaired) electrons. The number of carbonyl (C=O) groups is 1. The Morgan fingerprint density at radius 1 is 1.23 bits per heavy atom. The smallest absolute Gasteiger partial charge is 0.222 e. The Morgan fingerprint density at radius 2 is 1.88 bits per heavy atom. The van der Waals surface area contributed by atoms with Crippen LogP contribution in [0.15, 0.2) is 24.3 Å². The van der Waals surface area contributed by atoms with Crippen LogP contribution in [-0.4, -0.2) is 47.9 Å². The van der Waals surface area contributed by atoms with Gasteiger partial charge in [-0.3, -0.25) is 9.69 Å². The molecule has 1 heterocycles. The summed E-state index contributed by atoms with van der Waals surface area (Å²) in [7, 11) is 0. The van der Waals surface area contributed by atoms with Gasteiger partial charge in [0.2, 0.25) is 5.91 Å². The first-order chi connectivity index (χ1) is 11.5. The molecular formula is C19H32Cl2FN3O. The van der Waals surface area contributed by atoms with E-state index < -0.39 is 0 Å². The molecule has 4 nitrogen and oxygen atoms in total. The van der Waals surface area contributed by atoms with Crippen molar-refractivity contribution in [3.05, 3.63) is 35.6 Å². The van der Waals surface area contributed by atoms with Gasteiger partial charge in [0.1, 0.15) is 5.82 Å². The molecule has 0 saturated carbocycles. The largest absolute Gasteiger partial charge is 0.341 e. The molecule has 1 amide bonds. The zero-order chi connectivity index (χ0) is 17.5. The third kappa shape index (κ3) is 7.39. The van der Waals surface area contributed by atoms with Gasteiger partial charge in [0, 0.05) is 38.6 Å². The third-order valence-corrected chi connectivity index (χ3v) is 4.77. The molecule has 1 aromatic carbocycles. The molecule has 26 heavy (non-hydrogen) atoms. The van der Waals surface area contributed by atoms with Crippen LogP contribution in [-0.2, 0) is 11.3 Å². The topological polar surface area (TPSA) is 49.6 Å². The summed E-state index contributed by atoms with van der Waals surface area (Å²) in [4.78, 5) is 16.8. The fraction of sp³-hybridized carbons (Fsp3) is 0.632. The van der Waals surface area contributed by atoms with Crippen LogP contribution in [0.2, 0.25) is 0 Å². The summed E-state index contributed by atoms with van der Waals surface area (Å²) >= 11 is 0. The Morgan fingerprint density at radius 3 is 2.46 bits per heavy atom. The Balaban J connectivity index is 0.00000312. The monoisotopic (exact) mass is 407 g/mol. The minimum absolute atomic E-state index is 0. The maximum atomic E-state index is 13.1. The fourth-order valence-electron chi connectivity index (χ4n) is 3.35. The van der Waals surface area contributed by atoms with Gasteiger partial charge in [-0.2, -0.15) is 0 Å². The van der Waals surface area contributed by atoms with E-state index >= 15 is 0 Å². The molecule has 1 unspecified atom stereocenters. The van der Waals surface area contributed by atoms with Crippen LogP contribution in [0.3, 0.4) is 0 Å². The van der Waals surface area contributed by atoms with E-state index in [0.717, 1.165) is 44.6 Å². The van der Waals surface area contributed by atoms with Crippen LogP contribution in [0, 0.1) is 11.7 Å². The van der Waals surface area contributed by atoms with Crippen molar-refractivity contribution in [3.63, 3.8) is 0 Å². The molecule has 2 N–H and O–H groups in total. The van der Waals surface area contributed by atoms with Crippen molar-refractivity contribution in [2.75, 3.05) is 26.2 Å². The molecule has 1 atom stereocenters. The highest BCUT2D eigenvalue weighted by Gasteiger charge is 2.29. The van der Waals surface area contributed by atoms with Gasteiger partial charge in [-0.1, -0.05) is 26.0 Å². The van der Waals surface area contributed by atoms with E-state index in [9.17, 15) is 9.18 Å². The van der Waals surface area contributed by atoms with Crippen molar-refractivity contribution in [2.24, 2.45) is 11.7 Å². The normalized spacial score (nSPS) is 18.0. The maximum absolute atomic E-state index is 13.1. The lowest BCUT2D eigenvalue weighted by Gasteiger charge is -2.34. The van der Waals surface area contributed by atoms with Gasteiger partial charge in [-0.05, 0) is 43.0 Å². The molecular weight excluding hydrogens is 376 g/mol. The third-order valence-electron chi connectivity index (χ3n) is 4.77. The van der Waals surface area contributed by atoms with Gasteiger partial charge in [-0.15, -0.1) is 24.8 Å². The van der Waals surface area contributed by atoms with Crippen molar-refractivity contribution in [3.8, 4) is 0 Å². The minimum atomic E-state index is -0.202. The highest BCUT2D eigenvalue weighted by Crippen LogP contribution is 2.20. The highest BCUT2D eigenvalue weighted by molar-refractivity contribution is 5.85. The van der Waals surface area contributed by atoms with Gasteiger partial charge in [-0.25, -0.2) is 4.39 Å². The number of rotatable bonds is 6. The lowest BCUT2D eigenvalue weighted by Crippen LogP contribution is -2.45. The van der Waals surface area contributed by atoms with Crippen molar-refractivity contribution in [1.29, 1.82) is 0 Å². The Hall–Kier alpha value is -0.880. The molecule has 1 aliphatic heterocycles.